The topological polar surface area (TPSA) is 29.9 Å². The van der Waals surface area contributed by atoms with Gasteiger partial charge in [0.25, 0.3) is 0 Å². The largest absolute Gasteiger partial charge is 0.330 e. The van der Waals surface area contributed by atoms with Crippen LogP contribution in [0.3, 0.4) is 0 Å². The molecule has 2 rings (SSSR count). The SMILES string of the molecule is CC(C)NCCn1ccnc1-c1ccccc1. The lowest BCUT2D eigenvalue weighted by atomic mass is 10.2. The van der Waals surface area contributed by atoms with Gasteiger partial charge in [0, 0.05) is 37.1 Å². The standard InChI is InChI=1S/C14H19N3/c1-12(2)15-8-10-17-11-9-16-14(17)13-6-4-3-5-7-13/h3-7,9,11-12,15H,8,10H2,1-2H3. The molecule has 0 radical (unpaired) electrons. The van der Waals surface area contributed by atoms with E-state index in [4.69, 9.17) is 0 Å². The summed E-state index contributed by atoms with van der Waals surface area (Å²) in [5.41, 5.74) is 1.17. The van der Waals surface area contributed by atoms with E-state index in [0.717, 1.165) is 18.9 Å². The fraction of sp³-hybridized carbons (Fsp3) is 0.357. The Morgan fingerprint density at radius 2 is 2.00 bits per heavy atom. The minimum absolute atomic E-state index is 0.527. The third-order valence-corrected chi connectivity index (χ3v) is 2.65. The van der Waals surface area contributed by atoms with Crippen molar-refractivity contribution in [3.05, 3.63) is 42.7 Å². The van der Waals surface area contributed by atoms with Gasteiger partial charge >= 0.3 is 0 Å². The predicted octanol–water partition coefficient (Wildman–Crippen LogP) is 2.55. The molecule has 90 valence electrons. The number of benzene rings is 1. The molecule has 1 aromatic heterocycles. The molecule has 2 aromatic rings. The van der Waals surface area contributed by atoms with Crippen LogP contribution in [0.4, 0.5) is 0 Å². The molecular weight excluding hydrogens is 210 g/mol. The molecule has 0 atom stereocenters. The second kappa shape index (κ2) is 5.64. The fourth-order valence-corrected chi connectivity index (χ4v) is 1.81. The van der Waals surface area contributed by atoms with E-state index in [0.29, 0.717) is 6.04 Å². The summed E-state index contributed by atoms with van der Waals surface area (Å²) >= 11 is 0. The van der Waals surface area contributed by atoms with Gasteiger partial charge in [-0.1, -0.05) is 44.2 Å². The quantitative estimate of drug-likeness (QED) is 0.854. The zero-order valence-electron chi connectivity index (χ0n) is 10.4. The van der Waals surface area contributed by atoms with Gasteiger partial charge < -0.3 is 9.88 Å². The third-order valence-electron chi connectivity index (χ3n) is 2.65. The first kappa shape index (κ1) is 11.9. The summed E-state index contributed by atoms with van der Waals surface area (Å²) in [5, 5.41) is 3.41. The maximum Gasteiger partial charge on any atom is 0.139 e. The van der Waals surface area contributed by atoms with Crippen molar-refractivity contribution >= 4 is 0 Å². The molecule has 1 N–H and O–H groups in total. The highest BCUT2D eigenvalue weighted by molar-refractivity contribution is 5.55. The van der Waals surface area contributed by atoms with E-state index < -0.39 is 0 Å². The van der Waals surface area contributed by atoms with E-state index in [1.54, 1.807) is 0 Å². The molecule has 17 heavy (non-hydrogen) atoms. The number of aromatic nitrogens is 2. The van der Waals surface area contributed by atoms with Crippen molar-refractivity contribution in [2.24, 2.45) is 0 Å². The summed E-state index contributed by atoms with van der Waals surface area (Å²) < 4.78 is 2.19. The van der Waals surface area contributed by atoms with E-state index in [2.05, 4.69) is 40.8 Å². The second-order valence-corrected chi connectivity index (χ2v) is 4.42. The van der Waals surface area contributed by atoms with Crippen molar-refractivity contribution in [1.29, 1.82) is 0 Å². The molecular formula is C14H19N3. The fourth-order valence-electron chi connectivity index (χ4n) is 1.81. The number of hydrogen-bond acceptors (Lipinski definition) is 2. The molecule has 0 bridgehead atoms. The highest BCUT2D eigenvalue weighted by atomic mass is 15.1. The van der Waals surface area contributed by atoms with Crippen LogP contribution in [-0.4, -0.2) is 22.1 Å². The number of rotatable bonds is 5. The number of nitrogens with one attached hydrogen (secondary N) is 1. The summed E-state index contributed by atoms with van der Waals surface area (Å²) in [7, 11) is 0. The van der Waals surface area contributed by atoms with Crippen LogP contribution in [0.15, 0.2) is 42.7 Å². The average molecular weight is 229 g/mol. The first-order valence-electron chi connectivity index (χ1n) is 6.07. The lowest BCUT2D eigenvalue weighted by Crippen LogP contribution is -2.26. The van der Waals surface area contributed by atoms with Crippen LogP contribution in [0.25, 0.3) is 11.4 Å². The van der Waals surface area contributed by atoms with Gasteiger partial charge in [0.2, 0.25) is 0 Å². The molecule has 0 saturated heterocycles. The smallest absolute Gasteiger partial charge is 0.139 e. The van der Waals surface area contributed by atoms with Crippen LogP contribution in [0.5, 0.6) is 0 Å². The Morgan fingerprint density at radius 3 is 2.71 bits per heavy atom. The van der Waals surface area contributed by atoms with Gasteiger partial charge in [0.05, 0.1) is 0 Å². The molecule has 0 unspecified atom stereocenters. The molecule has 0 spiro atoms. The van der Waals surface area contributed by atoms with E-state index in [-0.39, 0.29) is 0 Å². The highest BCUT2D eigenvalue weighted by Crippen LogP contribution is 2.16. The predicted molar refractivity (Wildman–Crippen MR) is 70.8 cm³/mol. The molecule has 0 fully saturated rings. The zero-order valence-corrected chi connectivity index (χ0v) is 10.4. The van der Waals surface area contributed by atoms with Crippen molar-refractivity contribution in [3.63, 3.8) is 0 Å². The highest BCUT2D eigenvalue weighted by Gasteiger charge is 2.04. The van der Waals surface area contributed by atoms with Crippen LogP contribution in [-0.2, 0) is 6.54 Å². The van der Waals surface area contributed by atoms with Crippen molar-refractivity contribution in [1.82, 2.24) is 14.9 Å². The molecule has 0 aliphatic heterocycles. The van der Waals surface area contributed by atoms with Crippen LogP contribution in [0.1, 0.15) is 13.8 Å². The Balaban J connectivity index is 2.07. The van der Waals surface area contributed by atoms with Gasteiger partial charge in [0.1, 0.15) is 5.82 Å². The Bertz CT molecular complexity index is 446. The summed E-state index contributed by atoms with van der Waals surface area (Å²) in [6, 6.07) is 10.8. The molecule has 1 heterocycles. The Labute approximate surface area is 103 Å². The van der Waals surface area contributed by atoms with Gasteiger partial charge in [-0.15, -0.1) is 0 Å². The lowest BCUT2D eigenvalue weighted by Gasteiger charge is -2.10. The second-order valence-electron chi connectivity index (χ2n) is 4.42. The first-order chi connectivity index (χ1) is 8.27. The molecule has 1 aromatic carbocycles. The van der Waals surface area contributed by atoms with Crippen LogP contribution < -0.4 is 5.32 Å². The lowest BCUT2D eigenvalue weighted by molar-refractivity contribution is 0.543. The number of nitrogens with zero attached hydrogens (tertiary/aromatic N) is 2. The van der Waals surface area contributed by atoms with Gasteiger partial charge in [-0.2, -0.15) is 0 Å². The summed E-state index contributed by atoms with van der Waals surface area (Å²) in [5.74, 6) is 1.04. The molecule has 0 aliphatic carbocycles. The number of imidazole rings is 1. The minimum atomic E-state index is 0.527. The van der Waals surface area contributed by atoms with Crippen LogP contribution in [0, 0.1) is 0 Å². The van der Waals surface area contributed by atoms with E-state index >= 15 is 0 Å². The van der Waals surface area contributed by atoms with E-state index in [1.165, 1.54) is 5.56 Å². The Hall–Kier alpha value is -1.61. The van der Waals surface area contributed by atoms with Gasteiger partial charge in [-0.05, 0) is 0 Å². The van der Waals surface area contributed by atoms with Crippen LogP contribution >= 0.6 is 0 Å². The van der Waals surface area contributed by atoms with Crippen LogP contribution in [0.2, 0.25) is 0 Å². The normalized spacial score (nSPS) is 11.0. The number of hydrogen-bond donors (Lipinski definition) is 1. The summed E-state index contributed by atoms with van der Waals surface area (Å²) in [4.78, 5) is 4.42. The van der Waals surface area contributed by atoms with Gasteiger partial charge in [-0.3, -0.25) is 0 Å². The Kier molecular flexibility index (Phi) is 3.94. The summed E-state index contributed by atoms with van der Waals surface area (Å²) in [6.45, 7) is 6.23. The zero-order chi connectivity index (χ0) is 12.1. The monoisotopic (exact) mass is 229 g/mol. The maximum absolute atomic E-state index is 4.42. The van der Waals surface area contributed by atoms with E-state index in [9.17, 15) is 0 Å². The molecule has 0 amide bonds. The molecule has 3 nitrogen and oxygen atoms in total. The molecule has 0 saturated carbocycles. The van der Waals surface area contributed by atoms with E-state index in [1.807, 2.05) is 30.6 Å². The average Bonchev–Trinajstić information content (AvgIpc) is 2.78. The van der Waals surface area contributed by atoms with Crippen molar-refractivity contribution < 1.29 is 0 Å². The Morgan fingerprint density at radius 1 is 1.24 bits per heavy atom. The van der Waals surface area contributed by atoms with Crippen molar-refractivity contribution in [2.75, 3.05) is 6.54 Å². The van der Waals surface area contributed by atoms with Crippen molar-refractivity contribution in [2.45, 2.75) is 26.4 Å². The van der Waals surface area contributed by atoms with Gasteiger partial charge in [0.15, 0.2) is 0 Å². The minimum Gasteiger partial charge on any atom is -0.330 e. The molecule has 3 heteroatoms. The molecule has 0 aliphatic rings. The summed E-state index contributed by atoms with van der Waals surface area (Å²) in [6.07, 6.45) is 3.89. The maximum atomic E-state index is 4.42. The van der Waals surface area contributed by atoms with Gasteiger partial charge in [-0.25, -0.2) is 4.98 Å². The van der Waals surface area contributed by atoms with Crippen molar-refractivity contribution in [3.8, 4) is 11.4 Å². The first-order valence-corrected chi connectivity index (χ1v) is 6.07. The third kappa shape index (κ3) is 3.17.